The Bertz CT molecular complexity index is 2130. The number of rotatable bonds is 6. The summed E-state index contributed by atoms with van der Waals surface area (Å²) in [5.74, 6) is -1.09. The van der Waals surface area contributed by atoms with Crippen LogP contribution in [-0.4, -0.2) is 27.9 Å². The summed E-state index contributed by atoms with van der Waals surface area (Å²) in [7, 11) is -11.9. The molecule has 6 rings (SSSR count). The zero-order valence-electron chi connectivity index (χ0n) is 21.8. The van der Waals surface area contributed by atoms with Crippen molar-refractivity contribution in [2.24, 2.45) is 0 Å². The van der Waals surface area contributed by atoms with E-state index in [9.17, 15) is 43.2 Å². The molecule has 0 saturated heterocycles. The number of benzene rings is 6. The van der Waals surface area contributed by atoms with Gasteiger partial charge in [0.05, 0.1) is 0 Å². The molecule has 6 aromatic rings. The van der Waals surface area contributed by atoms with Crippen molar-refractivity contribution in [3.8, 4) is 33.8 Å². The van der Waals surface area contributed by atoms with Crippen molar-refractivity contribution >= 4 is 52.6 Å². The van der Waals surface area contributed by atoms with Crippen molar-refractivity contribution in [2.45, 2.75) is 11.0 Å². The largest absolute Gasteiger partial charge is 0.534 e. The van der Waals surface area contributed by atoms with Crippen LogP contribution in [0.4, 0.5) is 26.3 Å². The van der Waals surface area contributed by atoms with Gasteiger partial charge >= 0.3 is 31.3 Å². The monoisotopic (exact) mass is 650 g/mol. The van der Waals surface area contributed by atoms with Gasteiger partial charge in [-0.05, 0) is 55.6 Å². The molecule has 0 saturated carbocycles. The fourth-order valence-corrected chi connectivity index (χ4v) is 6.08. The Morgan fingerprint density at radius 1 is 0.432 bits per heavy atom. The van der Waals surface area contributed by atoms with Gasteiger partial charge in [0, 0.05) is 11.1 Å². The first-order valence-corrected chi connectivity index (χ1v) is 15.3. The molecule has 0 aliphatic rings. The average Bonchev–Trinajstić information content (AvgIpc) is 2.95. The van der Waals surface area contributed by atoms with Gasteiger partial charge in [0.2, 0.25) is 0 Å². The number of alkyl halides is 6. The van der Waals surface area contributed by atoms with Gasteiger partial charge in [0.15, 0.2) is 11.5 Å². The molecule has 44 heavy (non-hydrogen) atoms. The number of hydrogen-bond donors (Lipinski definition) is 0. The summed E-state index contributed by atoms with van der Waals surface area (Å²) in [5, 5.41) is 3.67. The molecule has 6 aromatic carbocycles. The van der Waals surface area contributed by atoms with E-state index in [1.165, 1.54) is 36.4 Å². The van der Waals surface area contributed by atoms with Crippen LogP contribution in [0.1, 0.15) is 0 Å². The molecular weight excluding hydrogens is 634 g/mol. The van der Waals surface area contributed by atoms with E-state index in [0.717, 1.165) is 12.1 Å². The van der Waals surface area contributed by atoms with E-state index in [4.69, 9.17) is 0 Å². The second-order valence-corrected chi connectivity index (χ2v) is 12.7. The first-order chi connectivity index (χ1) is 20.6. The molecule has 0 bridgehead atoms. The van der Waals surface area contributed by atoms with E-state index >= 15 is 0 Å². The Morgan fingerprint density at radius 2 is 0.773 bits per heavy atom. The molecule has 0 heterocycles. The summed E-state index contributed by atoms with van der Waals surface area (Å²) in [4.78, 5) is 0. The first-order valence-electron chi connectivity index (χ1n) is 12.5. The lowest BCUT2D eigenvalue weighted by Gasteiger charge is -2.19. The Labute approximate surface area is 245 Å². The predicted octanol–water partition coefficient (Wildman–Crippen LogP) is 8.37. The molecule has 0 amide bonds. The van der Waals surface area contributed by atoms with E-state index in [2.05, 4.69) is 8.37 Å². The lowest BCUT2D eigenvalue weighted by Crippen LogP contribution is -2.28. The predicted molar refractivity (Wildman–Crippen MR) is 152 cm³/mol. The summed E-state index contributed by atoms with van der Waals surface area (Å²) in [6, 6.07) is 24.1. The lowest BCUT2D eigenvalue weighted by molar-refractivity contribution is -0.0504. The fraction of sp³-hybridized carbons (Fsp3) is 0.0667. The Morgan fingerprint density at radius 3 is 1.14 bits per heavy atom. The third-order valence-corrected chi connectivity index (χ3v) is 8.92. The maximum absolute atomic E-state index is 13.1. The van der Waals surface area contributed by atoms with Gasteiger partial charge in [-0.3, -0.25) is 0 Å². The third kappa shape index (κ3) is 4.83. The molecule has 0 spiro atoms. The highest BCUT2D eigenvalue weighted by atomic mass is 32.2. The molecule has 0 N–H and O–H groups in total. The molecule has 6 nitrogen and oxygen atoms in total. The highest BCUT2D eigenvalue weighted by Crippen LogP contribution is 2.45. The molecule has 14 heteroatoms. The topological polar surface area (TPSA) is 86.7 Å². The molecule has 0 aliphatic heterocycles. The number of halogens is 6. The summed E-state index contributed by atoms with van der Waals surface area (Å²) in [6.07, 6.45) is 0. The number of hydrogen-bond acceptors (Lipinski definition) is 6. The van der Waals surface area contributed by atoms with Crippen LogP contribution in [0.3, 0.4) is 0 Å². The van der Waals surface area contributed by atoms with Crippen LogP contribution in [0.2, 0.25) is 0 Å². The van der Waals surface area contributed by atoms with Gasteiger partial charge in [-0.15, -0.1) is 0 Å². The van der Waals surface area contributed by atoms with Gasteiger partial charge in [-0.1, -0.05) is 84.9 Å². The minimum absolute atomic E-state index is 0.0644. The first kappa shape index (κ1) is 29.5. The second-order valence-electron chi connectivity index (χ2n) is 9.61. The lowest BCUT2D eigenvalue weighted by atomic mass is 9.87. The molecular formula is C30H16F6O6S2. The minimum atomic E-state index is -5.97. The van der Waals surface area contributed by atoms with Gasteiger partial charge in [0.25, 0.3) is 0 Å². The highest BCUT2D eigenvalue weighted by molar-refractivity contribution is 7.88. The summed E-state index contributed by atoms with van der Waals surface area (Å²) < 4.78 is 135. The second kappa shape index (κ2) is 9.99. The van der Waals surface area contributed by atoms with E-state index < -0.39 is 42.8 Å². The van der Waals surface area contributed by atoms with Crippen molar-refractivity contribution in [3.05, 3.63) is 97.1 Å². The van der Waals surface area contributed by atoms with Crippen molar-refractivity contribution in [1.82, 2.24) is 0 Å². The Hall–Kier alpha value is -4.56. The van der Waals surface area contributed by atoms with E-state index in [0.29, 0.717) is 43.4 Å². The highest BCUT2D eigenvalue weighted by Gasteiger charge is 2.49. The van der Waals surface area contributed by atoms with Crippen molar-refractivity contribution in [2.75, 3.05) is 0 Å². The van der Waals surface area contributed by atoms with Crippen LogP contribution in [0.5, 0.6) is 11.5 Å². The van der Waals surface area contributed by atoms with Crippen LogP contribution in [-0.2, 0) is 20.2 Å². The average molecular weight is 651 g/mol. The maximum atomic E-state index is 13.1. The third-order valence-electron chi connectivity index (χ3n) is 6.98. The number of para-hydroxylation sites is 2. The standard InChI is InChI=1S/C30H16F6O6S2/c31-29(32,33)43(37,38)41-25-7-3-1-5-21(25)19-13-9-17-12-16-24-20(14-10-18-11-15-23(19)27(17)28(18)24)22-6-2-4-8-26(22)42-44(39,40)30(34,35)36/h1-16H. The van der Waals surface area contributed by atoms with Crippen molar-refractivity contribution in [3.63, 3.8) is 0 Å². The molecule has 0 aliphatic carbocycles. The Balaban J connectivity index is 1.58. The molecule has 0 fully saturated rings. The molecule has 0 unspecified atom stereocenters. The van der Waals surface area contributed by atoms with Gasteiger partial charge < -0.3 is 8.37 Å². The van der Waals surface area contributed by atoms with Crippen LogP contribution < -0.4 is 8.37 Å². The summed E-state index contributed by atoms with van der Waals surface area (Å²) >= 11 is 0. The van der Waals surface area contributed by atoms with Gasteiger partial charge in [0.1, 0.15) is 0 Å². The smallest absolute Gasteiger partial charge is 0.375 e. The van der Waals surface area contributed by atoms with E-state index in [1.807, 2.05) is 0 Å². The summed E-state index contributed by atoms with van der Waals surface area (Å²) in [5.41, 5.74) is -10.5. The quantitative estimate of drug-likeness (QED) is 0.0779. The molecule has 0 aromatic heterocycles. The SMILES string of the molecule is O=S(=O)(Oc1ccccc1-c1ccc2ccc3c(-c4ccccc4OS(=O)(=O)C(F)(F)F)ccc4ccc1c2c43)C(F)(F)F. The van der Waals surface area contributed by atoms with Crippen molar-refractivity contribution < 1.29 is 51.5 Å². The zero-order chi connectivity index (χ0) is 31.7. The van der Waals surface area contributed by atoms with Crippen LogP contribution >= 0.6 is 0 Å². The Kier molecular flexibility index (Phi) is 6.70. The van der Waals surface area contributed by atoms with E-state index in [-0.39, 0.29) is 11.1 Å². The zero-order valence-corrected chi connectivity index (χ0v) is 23.4. The minimum Gasteiger partial charge on any atom is -0.375 e. The van der Waals surface area contributed by atoms with Crippen molar-refractivity contribution in [1.29, 1.82) is 0 Å². The van der Waals surface area contributed by atoms with Crippen LogP contribution in [0.25, 0.3) is 54.6 Å². The summed E-state index contributed by atoms with van der Waals surface area (Å²) in [6.45, 7) is 0. The van der Waals surface area contributed by atoms with Crippen LogP contribution in [0.15, 0.2) is 97.1 Å². The van der Waals surface area contributed by atoms with Gasteiger partial charge in [-0.2, -0.15) is 43.2 Å². The molecule has 0 atom stereocenters. The molecule has 0 radical (unpaired) electrons. The maximum Gasteiger partial charge on any atom is 0.534 e. The van der Waals surface area contributed by atoms with Gasteiger partial charge in [-0.25, -0.2) is 0 Å². The van der Waals surface area contributed by atoms with Crippen LogP contribution in [0, 0.1) is 0 Å². The fourth-order valence-electron chi connectivity index (χ4n) is 5.13. The normalized spacial score (nSPS) is 13.1. The van der Waals surface area contributed by atoms with E-state index in [1.54, 1.807) is 48.5 Å². The molecule has 226 valence electrons.